The van der Waals surface area contributed by atoms with Gasteiger partial charge in [0.05, 0.1) is 6.10 Å². The standard InChI is InChI=1S/C15H28N2O3/c1-9(2)13(14(16)18)17-15(19)11(4)20-12-7-5-6-10(3)8-12/h9-13H,5-8H2,1-4H3,(H2,16,18)(H,17,19). The summed E-state index contributed by atoms with van der Waals surface area (Å²) in [7, 11) is 0. The number of ether oxygens (including phenoxy) is 1. The fourth-order valence-corrected chi connectivity index (χ4v) is 2.69. The van der Waals surface area contributed by atoms with Crippen molar-refractivity contribution in [1.29, 1.82) is 0 Å². The second kappa shape index (κ2) is 7.62. The van der Waals surface area contributed by atoms with Gasteiger partial charge in [0, 0.05) is 0 Å². The fraction of sp³-hybridized carbons (Fsp3) is 0.867. The van der Waals surface area contributed by atoms with E-state index in [2.05, 4.69) is 12.2 Å². The molecule has 0 spiro atoms. The van der Waals surface area contributed by atoms with Crippen molar-refractivity contribution < 1.29 is 14.3 Å². The molecule has 1 saturated carbocycles. The lowest BCUT2D eigenvalue weighted by Gasteiger charge is -2.29. The lowest BCUT2D eigenvalue weighted by Crippen LogP contribution is -2.51. The van der Waals surface area contributed by atoms with Crippen LogP contribution in [0.25, 0.3) is 0 Å². The van der Waals surface area contributed by atoms with E-state index in [1.165, 1.54) is 6.42 Å². The number of primary amides is 1. The number of carbonyl (C=O) groups excluding carboxylic acids is 2. The molecular formula is C15H28N2O3. The molecule has 0 aromatic rings. The Morgan fingerprint density at radius 3 is 2.40 bits per heavy atom. The molecule has 5 nitrogen and oxygen atoms in total. The Hall–Kier alpha value is -1.10. The first-order valence-corrected chi connectivity index (χ1v) is 7.56. The van der Waals surface area contributed by atoms with Crippen LogP contribution >= 0.6 is 0 Å². The van der Waals surface area contributed by atoms with Crippen LogP contribution in [-0.2, 0) is 14.3 Å². The van der Waals surface area contributed by atoms with Gasteiger partial charge in [-0.2, -0.15) is 0 Å². The van der Waals surface area contributed by atoms with E-state index in [1.54, 1.807) is 6.92 Å². The zero-order chi connectivity index (χ0) is 15.3. The maximum absolute atomic E-state index is 12.1. The molecule has 4 unspecified atom stereocenters. The molecule has 1 aliphatic carbocycles. The average molecular weight is 284 g/mol. The molecule has 116 valence electrons. The number of hydrogen-bond donors (Lipinski definition) is 2. The maximum atomic E-state index is 12.1. The zero-order valence-electron chi connectivity index (χ0n) is 13.0. The van der Waals surface area contributed by atoms with Crippen molar-refractivity contribution in [2.24, 2.45) is 17.6 Å². The Balaban J connectivity index is 2.47. The number of amides is 2. The summed E-state index contributed by atoms with van der Waals surface area (Å²) in [6, 6.07) is -0.640. The van der Waals surface area contributed by atoms with Gasteiger partial charge in [-0.1, -0.05) is 33.6 Å². The second-order valence-corrected chi connectivity index (χ2v) is 6.30. The maximum Gasteiger partial charge on any atom is 0.249 e. The van der Waals surface area contributed by atoms with E-state index in [1.807, 2.05) is 13.8 Å². The van der Waals surface area contributed by atoms with Gasteiger partial charge in [-0.25, -0.2) is 0 Å². The summed E-state index contributed by atoms with van der Waals surface area (Å²) in [5.41, 5.74) is 5.29. The highest BCUT2D eigenvalue weighted by Gasteiger charge is 2.27. The summed E-state index contributed by atoms with van der Waals surface area (Å²) in [6.45, 7) is 7.64. The number of nitrogens with one attached hydrogen (secondary N) is 1. The Morgan fingerprint density at radius 2 is 1.90 bits per heavy atom. The minimum absolute atomic E-state index is 0.0293. The lowest BCUT2D eigenvalue weighted by atomic mass is 9.88. The van der Waals surface area contributed by atoms with Gasteiger partial charge in [-0.15, -0.1) is 0 Å². The van der Waals surface area contributed by atoms with Crippen LogP contribution in [0.2, 0.25) is 0 Å². The summed E-state index contributed by atoms with van der Waals surface area (Å²) in [5, 5.41) is 2.68. The molecule has 0 aliphatic heterocycles. The molecule has 0 radical (unpaired) electrons. The van der Waals surface area contributed by atoms with Crippen LogP contribution in [0.3, 0.4) is 0 Å². The molecule has 0 bridgehead atoms. The topological polar surface area (TPSA) is 81.4 Å². The SMILES string of the molecule is CC1CCCC(OC(C)C(=O)NC(C(N)=O)C(C)C)C1. The quantitative estimate of drug-likeness (QED) is 0.777. The van der Waals surface area contributed by atoms with Gasteiger partial charge in [-0.05, 0) is 31.6 Å². The molecular weight excluding hydrogens is 256 g/mol. The predicted octanol–water partition coefficient (Wildman–Crippen LogP) is 1.60. The van der Waals surface area contributed by atoms with Crippen LogP contribution < -0.4 is 11.1 Å². The third kappa shape index (κ3) is 5.12. The molecule has 5 heteroatoms. The smallest absolute Gasteiger partial charge is 0.249 e. The Kier molecular flexibility index (Phi) is 6.46. The molecule has 1 fully saturated rings. The monoisotopic (exact) mass is 284 g/mol. The first-order valence-electron chi connectivity index (χ1n) is 7.56. The fourth-order valence-electron chi connectivity index (χ4n) is 2.69. The molecule has 4 atom stereocenters. The van der Waals surface area contributed by atoms with E-state index in [4.69, 9.17) is 10.5 Å². The third-order valence-electron chi connectivity index (χ3n) is 3.93. The van der Waals surface area contributed by atoms with Gasteiger partial charge >= 0.3 is 0 Å². The molecule has 1 aliphatic rings. The second-order valence-electron chi connectivity index (χ2n) is 6.30. The summed E-state index contributed by atoms with van der Waals surface area (Å²) in [4.78, 5) is 23.4. The Labute approximate surface area is 121 Å². The molecule has 3 N–H and O–H groups in total. The van der Waals surface area contributed by atoms with E-state index < -0.39 is 18.1 Å². The normalized spacial score (nSPS) is 26.1. The van der Waals surface area contributed by atoms with Crippen molar-refractivity contribution in [2.75, 3.05) is 0 Å². The molecule has 1 rings (SSSR count). The molecule has 0 aromatic carbocycles. The van der Waals surface area contributed by atoms with Crippen molar-refractivity contribution in [3.63, 3.8) is 0 Å². The van der Waals surface area contributed by atoms with E-state index in [0.29, 0.717) is 5.92 Å². The number of rotatable bonds is 6. The van der Waals surface area contributed by atoms with E-state index in [-0.39, 0.29) is 17.9 Å². The van der Waals surface area contributed by atoms with Crippen LogP contribution in [0.1, 0.15) is 53.4 Å². The number of hydrogen-bond acceptors (Lipinski definition) is 3. The van der Waals surface area contributed by atoms with Gasteiger partial charge in [0.1, 0.15) is 12.1 Å². The van der Waals surface area contributed by atoms with Gasteiger partial charge in [0.15, 0.2) is 0 Å². The van der Waals surface area contributed by atoms with Crippen LogP contribution in [0, 0.1) is 11.8 Å². The molecule has 0 saturated heterocycles. The summed E-state index contributed by atoms with van der Waals surface area (Å²) in [5.74, 6) is -0.149. The van der Waals surface area contributed by atoms with E-state index in [9.17, 15) is 9.59 Å². The van der Waals surface area contributed by atoms with Crippen LogP contribution in [-0.4, -0.2) is 30.1 Å². The van der Waals surface area contributed by atoms with Crippen molar-refractivity contribution in [3.8, 4) is 0 Å². The first kappa shape index (κ1) is 17.0. The predicted molar refractivity (Wildman–Crippen MR) is 77.9 cm³/mol. The summed E-state index contributed by atoms with van der Waals surface area (Å²) in [6.07, 6.45) is 3.98. The van der Waals surface area contributed by atoms with Gasteiger partial charge in [0.2, 0.25) is 11.8 Å². The van der Waals surface area contributed by atoms with E-state index >= 15 is 0 Å². The highest BCUT2D eigenvalue weighted by atomic mass is 16.5. The van der Waals surface area contributed by atoms with Crippen molar-refractivity contribution in [2.45, 2.75) is 71.6 Å². The molecule has 2 amide bonds. The largest absolute Gasteiger partial charge is 0.368 e. The molecule has 20 heavy (non-hydrogen) atoms. The highest BCUT2D eigenvalue weighted by Crippen LogP contribution is 2.26. The molecule has 0 heterocycles. The lowest BCUT2D eigenvalue weighted by molar-refractivity contribution is -0.140. The van der Waals surface area contributed by atoms with Crippen LogP contribution in [0.15, 0.2) is 0 Å². The van der Waals surface area contributed by atoms with Crippen LogP contribution in [0.4, 0.5) is 0 Å². The van der Waals surface area contributed by atoms with E-state index in [0.717, 1.165) is 19.3 Å². The summed E-state index contributed by atoms with van der Waals surface area (Å²) < 4.78 is 5.82. The van der Waals surface area contributed by atoms with Crippen molar-refractivity contribution in [1.82, 2.24) is 5.32 Å². The Bertz CT molecular complexity index is 344. The summed E-state index contributed by atoms with van der Waals surface area (Å²) >= 11 is 0. The average Bonchev–Trinajstić information content (AvgIpc) is 2.34. The third-order valence-corrected chi connectivity index (χ3v) is 3.93. The minimum Gasteiger partial charge on any atom is -0.368 e. The van der Waals surface area contributed by atoms with Crippen LogP contribution in [0.5, 0.6) is 0 Å². The zero-order valence-corrected chi connectivity index (χ0v) is 13.0. The number of nitrogens with two attached hydrogens (primary N) is 1. The van der Waals surface area contributed by atoms with Gasteiger partial charge < -0.3 is 15.8 Å². The van der Waals surface area contributed by atoms with Gasteiger partial charge in [-0.3, -0.25) is 9.59 Å². The van der Waals surface area contributed by atoms with Crippen molar-refractivity contribution in [3.05, 3.63) is 0 Å². The Morgan fingerprint density at radius 1 is 1.25 bits per heavy atom. The van der Waals surface area contributed by atoms with Crippen molar-refractivity contribution >= 4 is 11.8 Å². The molecule has 0 aromatic heterocycles. The van der Waals surface area contributed by atoms with Gasteiger partial charge in [0.25, 0.3) is 0 Å². The first-order chi connectivity index (χ1) is 9.31. The minimum atomic E-state index is -0.640. The highest BCUT2D eigenvalue weighted by molar-refractivity contribution is 5.88. The number of carbonyl (C=O) groups is 2.